The van der Waals surface area contributed by atoms with E-state index in [1.54, 1.807) is 18.3 Å². The van der Waals surface area contributed by atoms with E-state index in [1.165, 1.54) is 17.7 Å². The molecule has 5 heteroatoms. The fraction of sp³-hybridized carbons (Fsp3) is 0.182. The third-order valence-corrected chi connectivity index (χ3v) is 2.32. The predicted octanol–water partition coefficient (Wildman–Crippen LogP) is 1.32. The van der Waals surface area contributed by atoms with E-state index in [0.29, 0.717) is 16.6 Å². The summed E-state index contributed by atoms with van der Waals surface area (Å²) in [7, 11) is 0. The van der Waals surface area contributed by atoms with Crippen LogP contribution >= 0.6 is 0 Å². The second-order valence-electron chi connectivity index (χ2n) is 3.49. The molecule has 0 unspecified atom stereocenters. The molecule has 0 aliphatic rings. The molecule has 1 N–H and O–H groups in total. The van der Waals surface area contributed by atoms with Crippen LogP contribution in [0.5, 0.6) is 0 Å². The molecule has 0 saturated heterocycles. The number of pyridine rings is 1. The summed E-state index contributed by atoms with van der Waals surface area (Å²) in [5.41, 5.74) is 1.67. The molecule has 0 radical (unpaired) electrons. The van der Waals surface area contributed by atoms with E-state index in [9.17, 15) is 9.59 Å². The molecule has 82 valence electrons. The zero-order valence-corrected chi connectivity index (χ0v) is 8.67. The quantitative estimate of drug-likeness (QED) is 0.788. The van der Waals surface area contributed by atoms with Gasteiger partial charge in [-0.15, -0.1) is 0 Å². The highest BCUT2D eigenvalue weighted by molar-refractivity contribution is 6.05. The number of rotatable bonds is 3. The molecule has 5 nitrogen and oxygen atoms in total. The number of aromatic nitrogens is 2. The van der Waals surface area contributed by atoms with Gasteiger partial charge in [-0.25, -0.2) is 0 Å². The maximum Gasteiger partial charge on any atom is 0.323 e. The van der Waals surface area contributed by atoms with Crippen LogP contribution in [0.15, 0.2) is 24.5 Å². The van der Waals surface area contributed by atoms with Gasteiger partial charge in [0.15, 0.2) is 5.78 Å². The Kier molecular flexibility index (Phi) is 2.44. The highest BCUT2D eigenvalue weighted by atomic mass is 16.4. The van der Waals surface area contributed by atoms with Crippen molar-refractivity contribution >= 4 is 22.8 Å². The van der Waals surface area contributed by atoms with Gasteiger partial charge in [0.2, 0.25) is 0 Å². The van der Waals surface area contributed by atoms with Gasteiger partial charge in [0.25, 0.3) is 0 Å². The highest BCUT2D eigenvalue weighted by Crippen LogP contribution is 2.19. The van der Waals surface area contributed by atoms with Crippen LogP contribution in [-0.4, -0.2) is 26.4 Å². The van der Waals surface area contributed by atoms with Gasteiger partial charge in [-0.2, -0.15) is 0 Å². The van der Waals surface area contributed by atoms with Crippen molar-refractivity contribution < 1.29 is 14.7 Å². The molecule has 2 rings (SSSR count). The molecule has 0 bridgehead atoms. The summed E-state index contributed by atoms with van der Waals surface area (Å²) in [6.45, 7) is 1.27. The lowest BCUT2D eigenvalue weighted by Gasteiger charge is -1.98. The average molecular weight is 218 g/mol. The lowest BCUT2D eigenvalue weighted by Crippen LogP contribution is -2.07. The third kappa shape index (κ3) is 1.67. The molecule has 0 aliphatic heterocycles. The van der Waals surface area contributed by atoms with E-state index in [-0.39, 0.29) is 12.3 Å². The average Bonchev–Trinajstić information content (AvgIpc) is 2.57. The summed E-state index contributed by atoms with van der Waals surface area (Å²) < 4.78 is 1.52. The first-order valence-electron chi connectivity index (χ1n) is 4.76. The molecule has 0 amide bonds. The van der Waals surface area contributed by atoms with E-state index < -0.39 is 5.97 Å². The van der Waals surface area contributed by atoms with Gasteiger partial charge in [-0.3, -0.25) is 14.6 Å². The molecule has 16 heavy (non-hydrogen) atoms. The van der Waals surface area contributed by atoms with Crippen molar-refractivity contribution in [3.8, 4) is 0 Å². The molecule has 0 spiro atoms. The van der Waals surface area contributed by atoms with Gasteiger partial charge in [-0.05, 0) is 19.1 Å². The number of carbonyl (C=O) groups is 2. The van der Waals surface area contributed by atoms with Crippen molar-refractivity contribution in [1.29, 1.82) is 0 Å². The number of carboxylic acid groups (broad SMARTS) is 1. The summed E-state index contributed by atoms with van der Waals surface area (Å²) in [5.74, 6) is -1.07. The molecule has 0 atom stereocenters. The zero-order valence-electron chi connectivity index (χ0n) is 8.67. The first-order valence-corrected chi connectivity index (χ1v) is 4.76. The van der Waals surface area contributed by atoms with E-state index in [4.69, 9.17) is 5.11 Å². The Morgan fingerprint density at radius 1 is 1.50 bits per heavy atom. The van der Waals surface area contributed by atoms with Crippen molar-refractivity contribution in [2.75, 3.05) is 0 Å². The standard InChI is InChI=1S/C11H10N2O3/c1-7(14)8-5-13(6-10(15)16)9-3-2-4-12-11(8)9/h2-5H,6H2,1H3,(H,15,16). The number of nitrogens with zero attached hydrogens (tertiary/aromatic N) is 2. The van der Waals surface area contributed by atoms with Crippen LogP contribution in [0.4, 0.5) is 0 Å². The molecular formula is C11H10N2O3. The maximum absolute atomic E-state index is 11.4. The Bertz CT molecular complexity index is 572. The normalized spacial score (nSPS) is 10.6. The summed E-state index contributed by atoms with van der Waals surface area (Å²) in [6, 6.07) is 3.46. The van der Waals surface area contributed by atoms with E-state index >= 15 is 0 Å². The zero-order chi connectivity index (χ0) is 11.7. The topological polar surface area (TPSA) is 72.2 Å². The van der Waals surface area contributed by atoms with Crippen LogP contribution in [0.25, 0.3) is 11.0 Å². The SMILES string of the molecule is CC(=O)c1cn(CC(=O)O)c2cccnc12. The van der Waals surface area contributed by atoms with Crippen LogP contribution in [0.3, 0.4) is 0 Å². The van der Waals surface area contributed by atoms with Crippen molar-refractivity contribution in [2.24, 2.45) is 0 Å². The highest BCUT2D eigenvalue weighted by Gasteiger charge is 2.13. The fourth-order valence-electron chi connectivity index (χ4n) is 1.66. The second kappa shape index (κ2) is 3.77. The van der Waals surface area contributed by atoms with Gasteiger partial charge in [0.1, 0.15) is 6.54 Å². The third-order valence-electron chi connectivity index (χ3n) is 2.32. The molecule has 2 aromatic heterocycles. The van der Waals surface area contributed by atoms with Crippen LogP contribution in [0.1, 0.15) is 17.3 Å². The summed E-state index contributed by atoms with van der Waals surface area (Å²) in [4.78, 5) is 26.1. The number of hydrogen-bond acceptors (Lipinski definition) is 3. The van der Waals surface area contributed by atoms with Crippen molar-refractivity contribution in [3.63, 3.8) is 0 Å². The maximum atomic E-state index is 11.4. The Hall–Kier alpha value is -2.17. The number of hydrogen-bond donors (Lipinski definition) is 1. The van der Waals surface area contributed by atoms with Crippen LogP contribution in [0.2, 0.25) is 0 Å². The second-order valence-corrected chi connectivity index (χ2v) is 3.49. The first kappa shape index (κ1) is 10.4. The number of carboxylic acids is 1. The minimum absolute atomic E-state index is 0.118. The van der Waals surface area contributed by atoms with Gasteiger partial charge in [0, 0.05) is 12.4 Å². The molecule has 0 aliphatic carbocycles. The van der Waals surface area contributed by atoms with E-state index in [2.05, 4.69) is 4.98 Å². The van der Waals surface area contributed by atoms with Gasteiger partial charge >= 0.3 is 5.97 Å². The van der Waals surface area contributed by atoms with Crippen LogP contribution < -0.4 is 0 Å². The van der Waals surface area contributed by atoms with Crippen LogP contribution in [0, 0.1) is 0 Å². The van der Waals surface area contributed by atoms with Crippen LogP contribution in [-0.2, 0) is 11.3 Å². The Morgan fingerprint density at radius 2 is 2.25 bits per heavy atom. The van der Waals surface area contributed by atoms with Gasteiger partial charge in [-0.1, -0.05) is 0 Å². The van der Waals surface area contributed by atoms with Gasteiger partial charge < -0.3 is 9.67 Å². The molecule has 0 fully saturated rings. The van der Waals surface area contributed by atoms with Crippen molar-refractivity contribution in [3.05, 3.63) is 30.1 Å². The number of ketones is 1. The van der Waals surface area contributed by atoms with E-state index in [0.717, 1.165) is 0 Å². The Balaban J connectivity index is 2.66. The Morgan fingerprint density at radius 3 is 2.88 bits per heavy atom. The number of fused-ring (bicyclic) bond motifs is 1. The largest absolute Gasteiger partial charge is 0.480 e. The number of aliphatic carboxylic acids is 1. The smallest absolute Gasteiger partial charge is 0.323 e. The lowest BCUT2D eigenvalue weighted by atomic mass is 10.2. The summed E-state index contributed by atoms with van der Waals surface area (Å²) in [6.07, 6.45) is 3.12. The molecule has 2 aromatic rings. The molecule has 2 heterocycles. The summed E-state index contributed by atoms with van der Waals surface area (Å²) in [5, 5.41) is 8.75. The Labute approximate surface area is 91.3 Å². The van der Waals surface area contributed by atoms with E-state index in [1.807, 2.05) is 0 Å². The number of carbonyl (C=O) groups excluding carboxylic acids is 1. The monoisotopic (exact) mass is 218 g/mol. The number of Topliss-reactive ketones (excluding diaryl/α,β-unsaturated/α-hetero) is 1. The molecular weight excluding hydrogens is 208 g/mol. The minimum atomic E-state index is -0.948. The lowest BCUT2D eigenvalue weighted by molar-refractivity contribution is -0.137. The molecule has 0 saturated carbocycles. The van der Waals surface area contributed by atoms with Crippen molar-refractivity contribution in [1.82, 2.24) is 9.55 Å². The minimum Gasteiger partial charge on any atom is -0.480 e. The first-order chi connectivity index (χ1) is 7.59. The predicted molar refractivity (Wildman–Crippen MR) is 57.4 cm³/mol. The van der Waals surface area contributed by atoms with Gasteiger partial charge in [0.05, 0.1) is 16.6 Å². The molecule has 0 aromatic carbocycles. The van der Waals surface area contributed by atoms with Crippen molar-refractivity contribution in [2.45, 2.75) is 13.5 Å². The fourth-order valence-corrected chi connectivity index (χ4v) is 1.66. The summed E-state index contributed by atoms with van der Waals surface area (Å²) >= 11 is 0.